The van der Waals surface area contributed by atoms with Crippen molar-refractivity contribution in [3.63, 3.8) is 0 Å². The molecule has 2 aliphatic rings. The number of amides is 1. The molecule has 27 heavy (non-hydrogen) atoms. The van der Waals surface area contributed by atoms with Crippen molar-refractivity contribution in [2.75, 3.05) is 31.5 Å². The molecule has 0 aromatic carbocycles. The third-order valence-electron chi connectivity index (χ3n) is 5.86. The van der Waals surface area contributed by atoms with Crippen molar-refractivity contribution >= 4 is 29.8 Å². The highest BCUT2D eigenvalue weighted by Crippen LogP contribution is 2.37. The number of rotatable bonds is 5. The van der Waals surface area contributed by atoms with E-state index in [-0.39, 0.29) is 24.0 Å². The average Bonchev–Trinajstić information content (AvgIpc) is 3.17. The molecule has 10 heteroatoms. The molecule has 2 aliphatic heterocycles. The second-order valence-electron chi connectivity index (χ2n) is 7.52. The number of nitro groups is 1. The van der Waals surface area contributed by atoms with Gasteiger partial charge in [-0.05, 0) is 44.6 Å². The van der Waals surface area contributed by atoms with Crippen molar-refractivity contribution in [1.82, 2.24) is 20.0 Å². The van der Waals surface area contributed by atoms with Crippen LogP contribution < -0.4 is 10.6 Å². The molecular weight excluding hydrogens is 372 g/mol. The summed E-state index contributed by atoms with van der Waals surface area (Å²) < 4.78 is 1.44. The smallest absolute Gasteiger partial charge is 0.333 e. The van der Waals surface area contributed by atoms with Gasteiger partial charge < -0.3 is 15.5 Å². The Morgan fingerprint density at radius 1 is 1.41 bits per heavy atom. The van der Waals surface area contributed by atoms with E-state index >= 15 is 0 Å². The van der Waals surface area contributed by atoms with Gasteiger partial charge in [0.1, 0.15) is 11.7 Å². The van der Waals surface area contributed by atoms with Crippen molar-refractivity contribution in [1.29, 1.82) is 0 Å². The fraction of sp³-hybridized carbons (Fsp3) is 0.765. The Hall–Kier alpha value is -1.87. The van der Waals surface area contributed by atoms with Crippen molar-refractivity contribution < 1.29 is 9.72 Å². The number of aryl methyl sites for hydroxylation is 2. The summed E-state index contributed by atoms with van der Waals surface area (Å²) in [5.41, 5.74) is 0.633. The van der Waals surface area contributed by atoms with Gasteiger partial charge in [-0.25, -0.2) is 4.68 Å². The van der Waals surface area contributed by atoms with Gasteiger partial charge in [-0.3, -0.25) is 14.9 Å². The van der Waals surface area contributed by atoms with Crippen LogP contribution in [0.2, 0.25) is 0 Å². The predicted octanol–water partition coefficient (Wildman–Crippen LogP) is 1.85. The number of carbonyl (C=O) groups excluding carboxylic acids is 1. The first kappa shape index (κ1) is 21.4. The number of halogens is 1. The van der Waals surface area contributed by atoms with Crippen molar-refractivity contribution in [3.8, 4) is 0 Å². The quantitative estimate of drug-likeness (QED) is 0.577. The Kier molecular flexibility index (Phi) is 6.69. The van der Waals surface area contributed by atoms with Gasteiger partial charge in [-0.1, -0.05) is 6.92 Å². The Labute approximate surface area is 165 Å². The van der Waals surface area contributed by atoms with E-state index in [1.807, 2.05) is 11.8 Å². The van der Waals surface area contributed by atoms with Crippen LogP contribution in [0.1, 0.15) is 38.3 Å². The second kappa shape index (κ2) is 8.43. The van der Waals surface area contributed by atoms with Crippen LogP contribution in [0.4, 0.5) is 11.5 Å². The number of likely N-dealkylation sites (tertiary alicyclic amines) is 1. The van der Waals surface area contributed by atoms with E-state index in [1.165, 1.54) is 11.1 Å². The molecule has 1 atom stereocenters. The molecule has 1 amide bonds. The molecule has 2 N–H and O–H groups in total. The molecule has 2 saturated heterocycles. The number of nitrogens with zero attached hydrogens (tertiary/aromatic N) is 4. The summed E-state index contributed by atoms with van der Waals surface area (Å²) in [6.07, 6.45) is 3.79. The molecule has 0 aliphatic carbocycles. The summed E-state index contributed by atoms with van der Waals surface area (Å²) in [4.78, 5) is 25.8. The minimum atomic E-state index is -0.487. The molecule has 9 nitrogen and oxygen atoms in total. The van der Waals surface area contributed by atoms with E-state index in [0.29, 0.717) is 23.3 Å². The number of aromatic nitrogens is 2. The number of nitrogens with one attached hydrogen (secondary N) is 2. The fourth-order valence-electron chi connectivity index (χ4n) is 4.17. The normalized spacial score (nSPS) is 19.6. The zero-order valence-electron chi connectivity index (χ0n) is 16.2. The first-order chi connectivity index (χ1) is 12.4. The standard InChI is InChI=1S/C17H28N6O3.ClH/c1-4-13(19-15-14(23(25)26)12(2)20-21(15)3)16(24)22-9-6-17(7-10-22)5-8-18-11-17;/h13,18-19H,4-11H2,1-3H3;1H. The van der Waals surface area contributed by atoms with Crippen LogP contribution in [0.25, 0.3) is 0 Å². The maximum atomic E-state index is 13.0. The van der Waals surface area contributed by atoms with Gasteiger partial charge in [-0.2, -0.15) is 5.10 Å². The molecule has 3 rings (SSSR count). The topological polar surface area (TPSA) is 105 Å². The van der Waals surface area contributed by atoms with Crippen molar-refractivity contribution in [3.05, 3.63) is 15.8 Å². The lowest BCUT2D eigenvalue weighted by molar-refractivity contribution is -0.384. The minimum Gasteiger partial charge on any atom is -0.353 e. The molecule has 0 radical (unpaired) electrons. The van der Waals surface area contributed by atoms with Gasteiger partial charge in [0.25, 0.3) is 0 Å². The molecule has 1 aromatic heterocycles. The summed E-state index contributed by atoms with van der Waals surface area (Å²) in [5, 5.41) is 22.0. The van der Waals surface area contributed by atoms with Gasteiger partial charge >= 0.3 is 5.69 Å². The summed E-state index contributed by atoms with van der Waals surface area (Å²) >= 11 is 0. The Bertz CT molecular complexity index is 691. The number of hydrogen-bond acceptors (Lipinski definition) is 6. The lowest BCUT2D eigenvalue weighted by Crippen LogP contribution is -2.49. The molecular formula is C17H29ClN6O3. The lowest BCUT2D eigenvalue weighted by Gasteiger charge is -2.40. The minimum absolute atomic E-state index is 0. The number of carbonyl (C=O) groups is 1. The SMILES string of the molecule is CCC(Nc1c([N+](=O)[O-])c(C)nn1C)C(=O)N1CCC2(CCNC2)CC1.Cl. The van der Waals surface area contributed by atoms with Crippen LogP contribution in [-0.2, 0) is 11.8 Å². The Morgan fingerprint density at radius 3 is 2.59 bits per heavy atom. The molecule has 2 fully saturated rings. The highest BCUT2D eigenvalue weighted by Gasteiger charge is 2.39. The van der Waals surface area contributed by atoms with Crippen LogP contribution in [0.15, 0.2) is 0 Å². The third-order valence-corrected chi connectivity index (χ3v) is 5.86. The molecule has 1 spiro atoms. The van der Waals surface area contributed by atoms with E-state index in [9.17, 15) is 14.9 Å². The zero-order valence-corrected chi connectivity index (χ0v) is 17.0. The van der Waals surface area contributed by atoms with Gasteiger partial charge in [0, 0.05) is 26.7 Å². The van der Waals surface area contributed by atoms with E-state index in [2.05, 4.69) is 15.7 Å². The van der Waals surface area contributed by atoms with Crippen molar-refractivity contribution in [2.45, 2.75) is 45.6 Å². The lowest BCUT2D eigenvalue weighted by atomic mass is 9.77. The first-order valence-electron chi connectivity index (χ1n) is 9.31. The molecule has 152 valence electrons. The van der Waals surface area contributed by atoms with Crippen LogP contribution in [0.3, 0.4) is 0 Å². The predicted molar refractivity (Wildman–Crippen MR) is 105 cm³/mol. The monoisotopic (exact) mass is 400 g/mol. The van der Waals surface area contributed by atoms with Gasteiger partial charge in [-0.15, -0.1) is 12.4 Å². The molecule has 0 bridgehead atoms. The number of hydrogen-bond donors (Lipinski definition) is 2. The molecule has 0 saturated carbocycles. The number of anilines is 1. The van der Waals surface area contributed by atoms with E-state index in [0.717, 1.165) is 39.0 Å². The van der Waals surface area contributed by atoms with E-state index in [1.54, 1.807) is 14.0 Å². The van der Waals surface area contributed by atoms with Crippen LogP contribution in [-0.4, -0.2) is 57.7 Å². The first-order valence-corrected chi connectivity index (χ1v) is 9.31. The van der Waals surface area contributed by atoms with Crippen LogP contribution >= 0.6 is 12.4 Å². The highest BCUT2D eigenvalue weighted by atomic mass is 35.5. The summed E-state index contributed by atoms with van der Waals surface area (Å²) in [6.45, 7) is 7.14. The van der Waals surface area contributed by atoms with Gasteiger partial charge in [0.15, 0.2) is 0 Å². The average molecular weight is 401 g/mol. The highest BCUT2D eigenvalue weighted by molar-refractivity contribution is 5.85. The van der Waals surface area contributed by atoms with Gasteiger partial charge in [0.2, 0.25) is 11.7 Å². The van der Waals surface area contributed by atoms with E-state index < -0.39 is 11.0 Å². The maximum Gasteiger partial charge on any atom is 0.333 e. The second-order valence-corrected chi connectivity index (χ2v) is 7.52. The Balaban J connectivity index is 0.00000261. The third kappa shape index (κ3) is 4.19. The van der Waals surface area contributed by atoms with Crippen LogP contribution in [0.5, 0.6) is 0 Å². The molecule has 3 heterocycles. The fourth-order valence-corrected chi connectivity index (χ4v) is 4.17. The molecule has 1 aromatic rings. The van der Waals surface area contributed by atoms with Crippen molar-refractivity contribution in [2.24, 2.45) is 12.5 Å². The maximum absolute atomic E-state index is 13.0. The summed E-state index contributed by atoms with van der Waals surface area (Å²) in [6, 6.07) is -0.487. The largest absolute Gasteiger partial charge is 0.353 e. The zero-order chi connectivity index (χ0) is 18.9. The number of piperidine rings is 1. The summed E-state index contributed by atoms with van der Waals surface area (Å²) in [7, 11) is 1.65. The van der Waals surface area contributed by atoms with Crippen LogP contribution in [0, 0.1) is 22.5 Å². The summed E-state index contributed by atoms with van der Waals surface area (Å²) in [5.74, 6) is 0.308. The molecule has 1 unspecified atom stereocenters. The Morgan fingerprint density at radius 2 is 2.07 bits per heavy atom. The van der Waals surface area contributed by atoms with Gasteiger partial charge in [0.05, 0.1) is 4.92 Å². The van der Waals surface area contributed by atoms with E-state index in [4.69, 9.17) is 0 Å².